The molecule has 0 aliphatic heterocycles. The lowest BCUT2D eigenvalue weighted by atomic mass is 10.3. The Balaban J connectivity index is 5.22. The van der Waals surface area contributed by atoms with Crippen LogP contribution >= 0.6 is 0 Å². The molecule has 0 rings (SSSR count). The van der Waals surface area contributed by atoms with Crippen LogP contribution in [-0.2, 0) is 13.6 Å². The molecule has 0 N–H and O–H groups in total. The van der Waals surface area contributed by atoms with Gasteiger partial charge in [0.05, 0.1) is 17.1 Å². The van der Waals surface area contributed by atoms with Gasteiger partial charge >= 0.3 is 8.80 Å². The van der Waals surface area contributed by atoms with Crippen LogP contribution in [0.4, 0.5) is 0 Å². The molecule has 0 aromatic heterocycles. The van der Waals surface area contributed by atoms with Crippen LogP contribution in [0.3, 0.4) is 0 Å². The van der Waals surface area contributed by atoms with E-state index >= 15 is 0 Å². The highest BCUT2D eigenvalue weighted by Crippen LogP contribution is 2.14. The van der Waals surface area contributed by atoms with Crippen LogP contribution < -0.4 is 0 Å². The van der Waals surface area contributed by atoms with Gasteiger partial charge in [-0.3, -0.25) is 0 Å². The summed E-state index contributed by atoms with van der Waals surface area (Å²) < 4.78 is 16.4. The summed E-state index contributed by atoms with van der Waals surface area (Å²) in [5.41, 5.74) is 3.95. The molecule has 0 heterocycles. The normalized spacial score (nSPS) is 16.2. The minimum Gasteiger partial charge on any atom is -0.370 e. The van der Waals surface area contributed by atoms with E-state index in [0.717, 1.165) is 36.4 Å². The van der Waals surface area contributed by atoms with Crippen molar-refractivity contribution in [3.8, 4) is 0 Å². The van der Waals surface area contributed by atoms with Crippen molar-refractivity contribution in [2.75, 3.05) is 0 Å². The highest BCUT2D eigenvalue weighted by molar-refractivity contribution is 6.66. The van der Waals surface area contributed by atoms with Gasteiger partial charge in [-0.2, -0.15) is 0 Å². The van der Waals surface area contributed by atoms with E-state index in [9.17, 15) is 0 Å². The van der Waals surface area contributed by atoms with E-state index in [2.05, 4.69) is 22.0 Å². The predicted octanol–water partition coefficient (Wildman–Crippen LogP) is 4.06. The molecule has 0 radical (unpaired) electrons. The maximum atomic E-state index is 5.47. The zero-order valence-corrected chi connectivity index (χ0v) is 15.0. The molecule has 0 saturated heterocycles. The molecule has 0 atom stereocenters. The lowest BCUT2D eigenvalue weighted by Crippen LogP contribution is -2.40. The fourth-order valence-corrected chi connectivity index (χ4v) is 1.95. The van der Waals surface area contributed by atoms with Crippen molar-refractivity contribution in [2.45, 2.75) is 60.8 Å². The Bertz CT molecular complexity index is 365. The molecule has 0 aliphatic carbocycles. The van der Waals surface area contributed by atoms with Crippen LogP contribution in [0, 0.1) is 0 Å². The average molecular weight is 313 g/mol. The van der Waals surface area contributed by atoms with E-state index in [0.29, 0.717) is 0 Å². The van der Waals surface area contributed by atoms with Gasteiger partial charge in [-0.15, -0.1) is 15.5 Å². The summed E-state index contributed by atoms with van der Waals surface area (Å²) in [6.45, 7) is 15.3. The largest absolute Gasteiger partial charge is 0.791 e. The minimum absolute atomic E-state index is 0.774. The zero-order chi connectivity index (χ0) is 16.3. The van der Waals surface area contributed by atoms with Crippen molar-refractivity contribution >= 4 is 25.9 Å². The molecule has 0 aromatic carbocycles. The lowest BCUT2D eigenvalue weighted by molar-refractivity contribution is 0.0785. The molecule has 0 aromatic rings. The molecule has 0 saturated carbocycles. The highest BCUT2D eigenvalue weighted by Gasteiger charge is 2.48. The fraction of sp³-hybridized carbons (Fsp3) is 0.643. The molecular weight excluding hydrogens is 286 g/mol. The molecule has 0 amide bonds. The van der Waals surface area contributed by atoms with E-state index in [1.165, 1.54) is 5.70 Å². The molecule has 0 bridgehead atoms. The van der Waals surface area contributed by atoms with Gasteiger partial charge in [-0.05, 0) is 40.0 Å². The summed E-state index contributed by atoms with van der Waals surface area (Å²) in [5, 5.41) is 12.0. The van der Waals surface area contributed by atoms with E-state index in [4.69, 9.17) is 13.6 Å². The Morgan fingerprint density at radius 3 is 1.29 bits per heavy atom. The van der Waals surface area contributed by atoms with Crippen molar-refractivity contribution in [2.24, 2.45) is 15.5 Å². The molecule has 0 unspecified atom stereocenters. The van der Waals surface area contributed by atoms with Crippen molar-refractivity contribution in [1.82, 2.24) is 0 Å². The first-order valence-electron chi connectivity index (χ1n) is 7.21. The second kappa shape index (κ2) is 10.1. The summed E-state index contributed by atoms with van der Waals surface area (Å²) >= 11 is 0. The summed E-state index contributed by atoms with van der Waals surface area (Å²) in [7, 11) is -3.31. The van der Waals surface area contributed by atoms with Gasteiger partial charge in [-0.1, -0.05) is 27.4 Å². The van der Waals surface area contributed by atoms with Crippen molar-refractivity contribution in [1.29, 1.82) is 0 Å². The van der Waals surface area contributed by atoms with E-state index in [1.807, 2.05) is 41.5 Å². The molecule has 0 aliphatic rings. The van der Waals surface area contributed by atoms with Gasteiger partial charge in [0.25, 0.3) is 0 Å². The van der Waals surface area contributed by atoms with Gasteiger partial charge in [0.15, 0.2) is 0 Å². The molecule has 6 nitrogen and oxygen atoms in total. The maximum absolute atomic E-state index is 5.47. The number of rotatable bonds is 10. The number of oxime groups is 3. The van der Waals surface area contributed by atoms with Crippen molar-refractivity contribution in [3.63, 3.8) is 0 Å². The fourth-order valence-electron chi connectivity index (χ4n) is 0.780. The van der Waals surface area contributed by atoms with Crippen molar-refractivity contribution in [3.05, 3.63) is 12.3 Å². The molecule has 120 valence electrons. The summed E-state index contributed by atoms with van der Waals surface area (Å²) in [6.07, 6.45) is 2.32. The standard InChI is InChI=1S/C14H27N3O3Si/c1-8-12(5)15-18-21(11-4,19-16-13(6)9-2)20-17-14(7)10-3/h11H,4,8-10H2,1-3,5-7H3. The second-order valence-corrected chi connectivity index (χ2v) is 6.78. The van der Waals surface area contributed by atoms with Gasteiger partial charge in [0, 0.05) is 5.70 Å². The van der Waals surface area contributed by atoms with Crippen LogP contribution in [0.1, 0.15) is 60.8 Å². The number of hydrogen-bond donors (Lipinski definition) is 0. The first-order chi connectivity index (χ1) is 9.92. The Morgan fingerprint density at radius 2 is 1.10 bits per heavy atom. The summed E-state index contributed by atoms with van der Waals surface area (Å²) in [6, 6.07) is 0. The first-order valence-corrected chi connectivity index (χ1v) is 9.01. The topological polar surface area (TPSA) is 64.8 Å². The SMILES string of the molecule is C=C[Si](ON=C(C)CC)(ON=C(C)CC)ON=C(C)CC. The van der Waals surface area contributed by atoms with Crippen LogP contribution in [-0.4, -0.2) is 25.9 Å². The molecule has 21 heavy (non-hydrogen) atoms. The maximum Gasteiger partial charge on any atom is 0.791 e. The summed E-state index contributed by atoms with van der Waals surface area (Å²) in [5.74, 6) is 0. The number of nitrogens with zero attached hydrogens (tertiary/aromatic N) is 3. The lowest BCUT2D eigenvalue weighted by Gasteiger charge is -2.19. The van der Waals surface area contributed by atoms with Crippen LogP contribution in [0.25, 0.3) is 0 Å². The van der Waals surface area contributed by atoms with E-state index < -0.39 is 8.80 Å². The monoisotopic (exact) mass is 313 g/mol. The Kier molecular flexibility index (Phi) is 9.36. The quantitative estimate of drug-likeness (QED) is 0.347. The van der Waals surface area contributed by atoms with Crippen molar-refractivity contribution < 1.29 is 13.6 Å². The Labute approximate surface area is 128 Å². The first kappa shape index (κ1) is 19.4. The van der Waals surface area contributed by atoms with Gasteiger partial charge in [0.1, 0.15) is 0 Å². The third-order valence-electron chi connectivity index (χ3n) is 2.77. The van der Waals surface area contributed by atoms with Crippen LogP contribution in [0.5, 0.6) is 0 Å². The number of hydrogen-bond acceptors (Lipinski definition) is 6. The summed E-state index contributed by atoms with van der Waals surface area (Å²) in [4.78, 5) is 0. The Hall–Kier alpha value is -1.63. The molecule has 0 fully saturated rings. The highest BCUT2D eigenvalue weighted by atomic mass is 28.4. The van der Waals surface area contributed by atoms with E-state index in [1.54, 1.807) is 0 Å². The van der Waals surface area contributed by atoms with Crippen LogP contribution in [0.2, 0.25) is 0 Å². The zero-order valence-electron chi connectivity index (χ0n) is 14.0. The smallest absolute Gasteiger partial charge is 0.370 e. The molecular formula is C14H27N3O3Si. The Morgan fingerprint density at radius 1 is 0.810 bits per heavy atom. The van der Waals surface area contributed by atoms with Gasteiger partial charge < -0.3 is 13.6 Å². The third kappa shape index (κ3) is 7.65. The molecule has 0 spiro atoms. The predicted molar refractivity (Wildman–Crippen MR) is 89.4 cm³/mol. The molecule has 7 heteroatoms. The van der Waals surface area contributed by atoms with Crippen LogP contribution in [0.15, 0.2) is 27.7 Å². The second-order valence-electron chi connectivity index (χ2n) is 4.62. The van der Waals surface area contributed by atoms with Gasteiger partial charge in [-0.25, -0.2) is 0 Å². The average Bonchev–Trinajstić information content (AvgIpc) is 2.53. The third-order valence-corrected chi connectivity index (χ3v) is 4.31. The van der Waals surface area contributed by atoms with Gasteiger partial charge in [0.2, 0.25) is 0 Å². The van der Waals surface area contributed by atoms with E-state index in [-0.39, 0.29) is 0 Å². The minimum atomic E-state index is -3.31.